The number of carbonyl (C=O) groups excluding carboxylic acids is 1. The van der Waals surface area contributed by atoms with Crippen LogP contribution in [0.4, 0.5) is 5.69 Å². The quantitative estimate of drug-likeness (QED) is 0.447. The van der Waals surface area contributed by atoms with E-state index in [9.17, 15) is 13.2 Å². The van der Waals surface area contributed by atoms with Crippen molar-refractivity contribution in [3.8, 4) is 0 Å². The summed E-state index contributed by atoms with van der Waals surface area (Å²) in [6, 6.07) is 10.0. The van der Waals surface area contributed by atoms with E-state index < -0.39 is 10.0 Å². The third-order valence-corrected chi connectivity index (χ3v) is 9.23. The van der Waals surface area contributed by atoms with Crippen molar-refractivity contribution in [1.29, 1.82) is 0 Å². The van der Waals surface area contributed by atoms with Gasteiger partial charge in [0.25, 0.3) is 0 Å². The SMILES string of the molecule is Cc1cc(C)c(C=Cc2onc(C)c2S(=O)(=O)N2CCC(C(=O)Nc3ccc(C)c(C)c3)CC2)c(C)c1. The third-order valence-electron chi connectivity index (χ3n) is 7.17. The molecule has 0 aliphatic carbocycles. The number of hydrogen-bond donors (Lipinski definition) is 1. The highest BCUT2D eigenvalue weighted by molar-refractivity contribution is 7.89. The van der Waals surface area contributed by atoms with E-state index in [1.165, 1.54) is 15.4 Å². The summed E-state index contributed by atoms with van der Waals surface area (Å²) in [5, 5.41) is 6.94. The van der Waals surface area contributed by atoms with Gasteiger partial charge in [0.15, 0.2) is 10.7 Å². The molecule has 8 heteroatoms. The topological polar surface area (TPSA) is 92.5 Å². The molecule has 1 amide bonds. The highest BCUT2D eigenvalue weighted by Gasteiger charge is 2.36. The minimum absolute atomic E-state index is 0.0751. The normalized spacial score (nSPS) is 15.4. The molecule has 3 aromatic rings. The molecular weight excluding hydrogens is 486 g/mol. The van der Waals surface area contributed by atoms with Crippen LogP contribution in [0.3, 0.4) is 0 Å². The fourth-order valence-electron chi connectivity index (χ4n) is 4.96. The summed E-state index contributed by atoms with van der Waals surface area (Å²) >= 11 is 0. The molecule has 0 bridgehead atoms. The number of amides is 1. The molecule has 1 aliphatic heterocycles. The Labute approximate surface area is 219 Å². The summed E-state index contributed by atoms with van der Waals surface area (Å²) in [5.41, 5.74) is 7.78. The first kappa shape index (κ1) is 26.8. The molecule has 1 N–H and O–H groups in total. The third kappa shape index (κ3) is 5.70. The first-order valence-electron chi connectivity index (χ1n) is 12.6. The van der Waals surface area contributed by atoms with Crippen molar-refractivity contribution in [2.45, 2.75) is 59.3 Å². The van der Waals surface area contributed by atoms with Crippen LogP contribution in [0.15, 0.2) is 39.8 Å². The summed E-state index contributed by atoms with van der Waals surface area (Å²) in [6.45, 7) is 12.3. The molecule has 2 aromatic carbocycles. The van der Waals surface area contributed by atoms with Crippen molar-refractivity contribution in [3.63, 3.8) is 0 Å². The van der Waals surface area contributed by atoms with Crippen molar-refractivity contribution in [1.82, 2.24) is 9.46 Å². The van der Waals surface area contributed by atoms with E-state index in [1.807, 2.05) is 58.9 Å². The van der Waals surface area contributed by atoms with Crippen LogP contribution >= 0.6 is 0 Å². The second-order valence-electron chi connectivity index (χ2n) is 10.1. The van der Waals surface area contributed by atoms with E-state index in [-0.39, 0.29) is 35.6 Å². The average molecular weight is 522 g/mol. The molecule has 196 valence electrons. The Morgan fingerprint density at radius 3 is 2.22 bits per heavy atom. The lowest BCUT2D eigenvalue weighted by Crippen LogP contribution is -2.41. The molecule has 1 saturated heterocycles. The largest absolute Gasteiger partial charge is 0.355 e. The molecule has 7 nitrogen and oxygen atoms in total. The van der Waals surface area contributed by atoms with E-state index in [0.29, 0.717) is 18.5 Å². The molecule has 1 aliphatic rings. The molecule has 0 saturated carbocycles. The minimum Gasteiger partial charge on any atom is -0.355 e. The number of anilines is 1. The molecule has 0 spiro atoms. The van der Waals surface area contributed by atoms with Gasteiger partial charge in [0.05, 0.1) is 0 Å². The van der Waals surface area contributed by atoms with Crippen LogP contribution in [-0.2, 0) is 14.8 Å². The van der Waals surface area contributed by atoms with Crippen LogP contribution in [0.25, 0.3) is 12.2 Å². The van der Waals surface area contributed by atoms with Gasteiger partial charge in [0.2, 0.25) is 15.9 Å². The van der Waals surface area contributed by atoms with Crippen LogP contribution in [0.5, 0.6) is 0 Å². The van der Waals surface area contributed by atoms with Crippen LogP contribution < -0.4 is 5.32 Å². The molecule has 1 fully saturated rings. The van der Waals surface area contributed by atoms with Crippen molar-refractivity contribution in [2.75, 3.05) is 18.4 Å². The summed E-state index contributed by atoms with van der Waals surface area (Å²) in [6.07, 6.45) is 4.47. The highest BCUT2D eigenvalue weighted by Crippen LogP contribution is 2.30. The Morgan fingerprint density at radius 1 is 0.946 bits per heavy atom. The van der Waals surface area contributed by atoms with Gasteiger partial charge in [0, 0.05) is 24.7 Å². The maximum Gasteiger partial charge on any atom is 0.248 e. The summed E-state index contributed by atoms with van der Waals surface area (Å²) < 4.78 is 34.1. The van der Waals surface area contributed by atoms with Crippen molar-refractivity contribution in [2.24, 2.45) is 5.92 Å². The fraction of sp³-hybridized carbons (Fsp3) is 0.379. The van der Waals surface area contributed by atoms with E-state index in [4.69, 9.17) is 4.52 Å². The van der Waals surface area contributed by atoms with Gasteiger partial charge >= 0.3 is 0 Å². The Balaban J connectivity index is 1.48. The van der Waals surface area contributed by atoms with Crippen molar-refractivity contribution < 1.29 is 17.7 Å². The number of hydrogen-bond acceptors (Lipinski definition) is 5. The smallest absolute Gasteiger partial charge is 0.248 e. The van der Waals surface area contributed by atoms with Gasteiger partial charge in [-0.25, -0.2) is 8.42 Å². The molecule has 0 atom stereocenters. The van der Waals surface area contributed by atoms with Gasteiger partial charge in [-0.05, 0) is 100 Å². The van der Waals surface area contributed by atoms with Gasteiger partial charge in [0.1, 0.15) is 5.69 Å². The zero-order valence-electron chi connectivity index (χ0n) is 22.4. The first-order chi connectivity index (χ1) is 17.5. The molecule has 37 heavy (non-hydrogen) atoms. The average Bonchev–Trinajstić information content (AvgIpc) is 3.22. The zero-order valence-corrected chi connectivity index (χ0v) is 23.2. The summed E-state index contributed by atoms with van der Waals surface area (Å²) in [7, 11) is -3.84. The maximum absolute atomic E-state index is 13.6. The van der Waals surface area contributed by atoms with Crippen LogP contribution in [0.1, 0.15) is 57.7 Å². The van der Waals surface area contributed by atoms with Crippen molar-refractivity contribution in [3.05, 3.63) is 75.2 Å². The number of benzene rings is 2. The lowest BCUT2D eigenvalue weighted by molar-refractivity contribution is -0.120. The van der Waals surface area contributed by atoms with Crippen LogP contribution in [0, 0.1) is 47.5 Å². The summed E-state index contributed by atoms with van der Waals surface area (Å²) in [5.74, 6) is -0.108. The molecule has 2 heterocycles. The molecule has 4 rings (SSSR count). The van der Waals surface area contributed by atoms with E-state index in [1.54, 1.807) is 13.0 Å². The van der Waals surface area contributed by atoms with Gasteiger partial charge < -0.3 is 9.84 Å². The maximum atomic E-state index is 13.6. The fourth-order valence-corrected chi connectivity index (χ4v) is 6.68. The lowest BCUT2D eigenvalue weighted by atomic mass is 9.97. The standard InChI is InChI=1S/C29H35N3O4S/c1-18-15-21(4)26(22(5)16-18)9-10-27-28(23(6)31-36-27)37(34,35)32-13-11-24(12-14-32)29(33)30-25-8-7-19(2)20(3)17-25/h7-10,15-17,24H,11-14H2,1-6H3,(H,30,33). The Bertz CT molecular complexity index is 1440. The number of sulfonamides is 1. The second kappa shape index (κ2) is 10.6. The van der Waals surface area contributed by atoms with E-state index >= 15 is 0 Å². The van der Waals surface area contributed by atoms with Gasteiger partial charge in [-0.3, -0.25) is 4.79 Å². The number of rotatable bonds is 6. The number of carbonyl (C=O) groups is 1. The molecule has 1 aromatic heterocycles. The van der Waals surface area contributed by atoms with Crippen molar-refractivity contribution >= 4 is 33.8 Å². The zero-order chi connectivity index (χ0) is 26.9. The first-order valence-corrected chi connectivity index (χ1v) is 14.0. The molecule has 0 radical (unpaired) electrons. The number of piperidine rings is 1. The van der Waals surface area contributed by atoms with E-state index in [2.05, 4.69) is 22.6 Å². The predicted molar refractivity (Wildman–Crippen MR) is 147 cm³/mol. The monoisotopic (exact) mass is 521 g/mol. The Hall–Kier alpha value is -3.23. The second-order valence-corrected chi connectivity index (χ2v) is 11.9. The molecular formula is C29H35N3O4S. The highest BCUT2D eigenvalue weighted by atomic mass is 32.2. The van der Waals surface area contributed by atoms with Gasteiger partial charge in [-0.1, -0.05) is 35.0 Å². The van der Waals surface area contributed by atoms with Crippen LogP contribution in [-0.4, -0.2) is 36.9 Å². The number of nitrogens with zero attached hydrogens (tertiary/aromatic N) is 2. The van der Waals surface area contributed by atoms with Crippen LogP contribution in [0.2, 0.25) is 0 Å². The van der Waals surface area contributed by atoms with Gasteiger partial charge in [-0.15, -0.1) is 0 Å². The lowest BCUT2D eigenvalue weighted by Gasteiger charge is -2.30. The Kier molecular flexibility index (Phi) is 7.71. The number of nitrogens with one attached hydrogen (secondary N) is 1. The molecule has 0 unspecified atom stereocenters. The predicted octanol–water partition coefficient (Wildman–Crippen LogP) is 5.73. The minimum atomic E-state index is -3.84. The van der Waals surface area contributed by atoms with E-state index in [0.717, 1.165) is 27.9 Å². The number of aryl methyl sites for hydroxylation is 6. The van der Waals surface area contributed by atoms with Gasteiger partial charge in [-0.2, -0.15) is 4.31 Å². The summed E-state index contributed by atoms with van der Waals surface area (Å²) in [4.78, 5) is 12.9. The Morgan fingerprint density at radius 2 is 1.59 bits per heavy atom. The number of aromatic nitrogens is 1.